The largest absolute Gasteiger partial charge is 0.494 e. The second-order valence-electron chi connectivity index (χ2n) is 5.24. The molecule has 2 aromatic rings. The predicted octanol–water partition coefficient (Wildman–Crippen LogP) is 2.53. The average Bonchev–Trinajstić information content (AvgIpc) is 2.57. The number of amides is 1. The fourth-order valence-electron chi connectivity index (χ4n) is 2.02. The van der Waals surface area contributed by atoms with E-state index in [1.165, 1.54) is 6.92 Å². The molecule has 2 N–H and O–H groups in total. The number of ether oxygens (including phenoxy) is 1. The van der Waals surface area contributed by atoms with Gasteiger partial charge in [-0.05, 0) is 62.4 Å². The van der Waals surface area contributed by atoms with Gasteiger partial charge in [0, 0.05) is 5.69 Å². The van der Waals surface area contributed by atoms with Crippen LogP contribution in [0, 0.1) is 5.82 Å². The second-order valence-corrected chi connectivity index (χ2v) is 6.96. The van der Waals surface area contributed by atoms with Gasteiger partial charge in [-0.2, -0.15) is 4.72 Å². The molecule has 0 saturated heterocycles. The second kappa shape index (κ2) is 8.09. The zero-order valence-corrected chi connectivity index (χ0v) is 14.6. The van der Waals surface area contributed by atoms with E-state index in [0.29, 0.717) is 18.0 Å². The lowest BCUT2D eigenvalue weighted by atomic mass is 10.2. The third kappa shape index (κ3) is 5.27. The minimum atomic E-state index is -3.93. The normalized spacial score (nSPS) is 12.4. The Morgan fingerprint density at radius 3 is 2.28 bits per heavy atom. The van der Waals surface area contributed by atoms with Crippen molar-refractivity contribution in [1.29, 1.82) is 0 Å². The quantitative estimate of drug-likeness (QED) is 0.789. The monoisotopic (exact) mass is 366 g/mol. The van der Waals surface area contributed by atoms with Gasteiger partial charge in [-0.25, -0.2) is 12.8 Å². The summed E-state index contributed by atoms with van der Waals surface area (Å²) in [6, 6.07) is 10.1. The van der Waals surface area contributed by atoms with E-state index in [0.717, 1.165) is 24.3 Å². The van der Waals surface area contributed by atoms with Gasteiger partial charge in [-0.15, -0.1) is 0 Å². The minimum absolute atomic E-state index is 0.116. The number of hydrogen-bond donors (Lipinski definition) is 2. The van der Waals surface area contributed by atoms with Gasteiger partial charge >= 0.3 is 0 Å². The van der Waals surface area contributed by atoms with Crippen molar-refractivity contribution in [3.05, 3.63) is 54.3 Å². The first-order valence-corrected chi connectivity index (χ1v) is 9.12. The molecule has 0 radical (unpaired) electrons. The zero-order valence-electron chi connectivity index (χ0n) is 13.8. The summed E-state index contributed by atoms with van der Waals surface area (Å²) in [6.07, 6.45) is 0. The van der Waals surface area contributed by atoms with Crippen molar-refractivity contribution < 1.29 is 22.3 Å². The van der Waals surface area contributed by atoms with E-state index in [2.05, 4.69) is 10.0 Å². The molecule has 6 nitrogen and oxygen atoms in total. The van der Waals surface area contributed by atoms with E-state index in [9.17, 15) is 17.6 Å². The van der Waals surface area contributed by atoms with E-state index in [1.54, 1.807) is 24.3 Å². The number of benzene rings is 2. The highest BCUT2D eigenvalue weighted by atomic mass is 32.2. The van der Waals surface area contributed by atoms with Crippen LogP contribution < -0.4 is 14.8 Å². The number of hydrogen-bond acceptors (Lipinski definition) is 4. The number of sulfonamides is 1. The third-order valence-corrected chi connectivity index (χ3v) is 4.84. The number of anilines is 1. The van der Waals surface area contributed by atoms with E-state index in [4.69, 9.17) is 4.74 Å². The molecule has 0 unspecified atom stereocenters. The van der Waals surface area contributed by atoms with Crippen molar-refractivity contribution in [2.45, 2.75) is 24.8 Å². The maximum absolute atomic E-state index is 12.9. The number of nitrogens with one attached hydrogen (secondary N) is 2. The molecule has 8 heteroatoms. The van der Waals surface area contributed by atoms with Crippen LogP contribution in [0.1, 0.15) is 13.8 Å². The fourth-order valence-corrected chi connectivity index (χ4v) is 3.22. The Labute approximate surface area is 146 Å². The third-order valence-electron chi connectivity index (χ3n) is 3.28. The Morgan fingerprint density at radius 1 is 1.12 bits per heavy atom. The standard InChI is InChI=1S/C17H19FN2O4S/c1-3-24-15-8-6-14(7-9-15)19-17(21)12(2)20-25(22,23)16-10-4-13(18)5-11-16/h4-12,20H,3H2,1-2H3,(H,19,21)/t12-/m0/s1. The van der Waals surface area contributed by atoms with Gasteiger partial charge in [0.25, 0.3) is 0 Å². The lowest BCUT2D eigenvalue weighted by molar-refractivity contribution is -0.117. The van der Waals surface area contributed by atoms with Crippen LogP contribution in [-0.2, 0) is 14.8 Å². The summed E-state index contributed by atoms with van der Waals surface area (Å²) >= 11 is 0. The van der Waals surface area contributed by atoms with E-state index in [-0.39, 0.29) is 4.90 Å². The maximum atomic E-state index is 12.9. The molecule has 0 bridgehead atoms. The summed E-state index contributed by atoms with van der Waals surface area (Å²) in [6.45, 7) is 3.82. The lowest BCUT2D eigenvalue weighted by Crippen LogP contribution is -2.41. The fraction of sp³-hybridized carbons (Fsp3) is 0.235. The summed E-state index contributed by atoms with van der Waals surface area (Å²) in [4.78, 5) is 12.0. The average molecular weight is 366 g/mol. The molecule has 0 heterocycles. The molecule has 2 rings (SSSR count). The number of rotatable bonds is 7. The van der Waals surface area contributed by atoms with Crippen LogP contribution in [0.25, 0.3) is 0 Å². The Kier molecular flexibility index (Phi) is 6.11. The minimum Gasteiger partial charge on any atom is -0.494 e. The van der Waals surface area contributed by atoms with Gasteiger partial charge in [0.05, 0.1) is 17.5 Å². The number of carbonyl (C=O) groups excluding carboxylic acids is 1. The molecular weight excluding hydrogens is 347 g/mol. The summed E-state index contributed by atoms with van der Waals surface area (Å²) < 4.78 is 44.9. The highest BCUT2D eigenvalue weighted by Crippen LogP contribution is 2.16. The molecule has 25 heavy (non-hydrogen) atoms. The van der Waals surface area contributed by atoms with E-state index in [1.807, 2.05) is 6.92 Å². The van der Waals surface area contributed by atoms with Crippen LogP contribution in [-0.4, -0.2) is 27.0 Å². The van der Waals surface area contributed by atoms with Crippen molar-refractivity contribution in [2.75, 3.05) is 11.9 Å². The number of carbonyl (C=O) groups is 1. The molecule has 2 aromatic carbocycles. The molecule has 134 valence electrons. The van der Waals surface area contributed by atoms with Gasteiger partial charge in [0.2, 0.25) is 15.9 Å². The van der Waals surface area contributed by atoms with Gasteiger partial charge in [0.15, 0.2) is 0 Å². The highest BCUT2D eigenvalue weighted by molar-refractivity contribution is 7.89. The molecule has 0 saturated carbocycles. The predicted molar refractivity (Wildman–Crippen MR) is 92.4 cm³/mol. The molecule has 0 aliphatic rings. The summed E-state index contributed by atoms with van der Waals surface area (Å²) in [7, 11) is -3.93. The SMILES string of the molecule is CCOc1ccc(NC(=O)[C@H](C)NS(=O)(=O)c2ccc(F)cc2)cc1. The van der Waals surface area contributed by atoms with Crippen molar-refractivity contribution in [3.63, 3.8) is 0 Å². The molecule has 1 amide bonds. The molecule has 0 aromatic heterocycles. The van der Waals surface area contributed by atoms with Crippen LogP contribution >= 0.6 is 0 Å². The summed E-state index contributed by atoms with van der Waals surface area (Å²) in [5, 5.41) is 2.61. The van der Waals surface area contributed by atoms with Crippen molar-refractivity contribution >= 4 is 21.6 Å². The van der Waals surface area contributed by atoms with Crippen molar-refractivity contribution in [2.24, 2.45) is 0 Å². The first kappa shape index (κ1) is 18.9. The van der Waals surface area contributed by atoms with Gasteiger partial charge < -0.3 is 10.1 Å². The van der Waals surface area contributed by atoms with E-state index >= 15 is 0 Å². The molecule has 0 aliphatic carbocycles. The topological polar surface area (TPSA) is 84.5 Å². The van der Waals surface area contributed by atoms with Crippen LogP contribution in [0.4, 0.5) is 10.1 Å². The van der Waals surface area contributed by atoms with Crippen LogP contribution in [0.5, 0.6) is 5.75 Å². The number of halogens is 1. The maximum Gasteiger partial charge on any atom is 0.242 e. The molecule has 0 spiro atoms. The summed E-state index contributed by atoms with van der Waals surface area (Å²) in [5.74, 6) is -0.388. The smallest absolute Gasteiger partial charge is 0.242 e. The summed E-state index contributed by atoms with van der Waals surface area (Å²) in [5.41, 5.74) is 0.515. The first-order chi connectivity index (χ1) is 11.8. The molecule has 1 atom stereocenters. The molecular formula is C17H19FN2O4S. The van der Waals surface area contributed by atoms with Crippen LogP contribution in [0.15, 0.2) is 53.4 Å². The van der Waals surface area contributed by atoms with Crippen LogP contribution in [0.2, 0.25) is 0 Å². The molecule has 0 fully saturated rings. The van der Waals surface area contributed by atoms with Gasteiger partial charge in [-0.1, -0.05) is 0 Å². The highest BCUT2D eigenvalue weighted by Gasteiger charge is 2.22. The Morgan fingerprint density at radius 2 is 1.72 bits per heavy atom. The van der Waals surface area contributed by atoms with Crippen molar-refractivity contribution in [1.82, 2.24) is 4.72 Å². The van der Waals surface area contributed by atoms with E-state index < -0.39 is 27.8 Å². The Bertz CT molecular complexity index is 821. The van der Waals surface area contributed by atoms with Gasteiger partial charge in [0.1, 0.15) is 11.6 Å². The first-order valence-electron chi connectivity index (χ1n) is 7.63. The molecule has 0 aliphatic heterocycles. The Hall–Kier alpha value is -2.45. The van der Waals surface area contributed by atoms with Gasteiger partial charge in [-0.3, -0.25) is 4.79 Å². The zero-order chi connectivity index (χ0) is 18.4. The van der Waals surface area contributed by atoms with Crippen LogP contribution in [0.3, 0.4) is 0 Å². The Balaban J connectivity index is 2.00. The van der Waals surface area contributed by atoms with Crippen molar-refractivity contribution in [3.8, 4) is 5.75 Å². The lowest BCUT2D eigenvalue weighted by Gasteiger charge is -2.15.